The van der Waals surface area contributed by atoms with Crippen molar-refractivity contribution in [3.8, 4) is 22.3 Å². The summed E-state index contributed by atoms with van der Waals surface area (Å²) in [5, 5.41) is 5.37. The summed E-state index contributed by atoms with van der Waals surface area (Å²) in [5.41, 5.74) is 7.89. The van der Waals surface area contributed by atoms with Gasteiger partial charge in [0.15, 0.2) is 0 Å². The fourth-order valence-corrected chi connectivity index (χ4v) is 6.69. The van der Waals surface area contributed by atoms with Crippen LogP contribution in [0.1, 0.15) is 24.0 Å². The van der Waals surface area contributed by atoms with Crippen LogP contribution in [0.4, 0.5) is 0 Å². The molecule has 0 amide bonds. The van der Waals surface area contributed by atoms with E-state index in [4.69, 9.17) is 33.2 Å². The summed E-state index contributed by atoms with van der Waals surface area (Å²) in [4.78, 5) is 0. The van der Waals surface area contributed by atoms with Gasteiger partial charge in [-0.3, -0.25) is 0 Å². The van der Waals surface area contributed by atoms with Crippen LogP contribution in [0.15, 0.2) is 121 Å². The van der Waals surface area contributed by atoms with E-state index in [-0.39, 0.29) is 32.2 Å². The predicted octanol–water partition coefficient (Wildman–Crippen LogP) is 13.2. The molecule has 8 heteroatoms. The average molecular weight is 808 g/mol. The van der Waals surface area contributed by atoms with Crippen molar-refractivity contribution in [3.05, 3.63) is 147 Å². The summed E-state index contributed by atoms with van der Waals surface area (Å²) in [6, 6.07) is 41.5. The third-order valence-electron chi connectivity index (χ3n) is 6.67. The van der Waals surface area contributed by atoms with Crippen molar-refractivity contribution in [2.24, 2.45) is 0 Å². The quantitative estimate of drug-likeness (QED) is 0.0925. The minimum absolute atomic E-state index is 0. The molecular formula is C37H39Cl5Si2Zr-4. The Kier molecular flexibility index (Phi) is 21.9. The monoisotopic (exact) mass is 804 g/mol. The standard InChI is InChI=1S/2C16H13.C4H8Cl3Si.CH3.2ClH.Si.Zr/c2*1-12-10-14-8-5-9-15(16(14)11-12)13-6-3-2-4-7-13;1-2-3-4-8(5,6)7;;;;;/h2*2-11H,1H3;1-4H2;1H3;2*1H;;/q4*-1;;;;. The molecule has 0 saturated carbocycles. The summed E-state index contributed by atoms with van der Waals surface area (Å²) < 4.78 is 0. The van der Waals surface area contributed by atoms with E-state index in [0.29, 0.717) is 0 Å². The van der Waals surface area contributed by atoms with Crippen molar-refractivity contribution >= 4 is 92.5 Å². The van der Waals surface area contributed by atoms with E-state index >= 15 is 0 Å². The van der Waals surface area contributed by atoms with E-state index in [2.05, 4.69) is 149 Å². The molecule has 0 aliphatic rings. The molecule has 0 unspecified atom stereocenters. The molecule has 238 valence electrons. The molecule has 6 aromatic carbocycles. The van der Waals surface area contributed by atoms with Crippen molar-refractivity contribution < 1.29 is 23.3 Å². The number of hydrogen-bond donors (Lipinski definition) is 0. The van der Waals surface area contributed by atoms with Gasteiger partial charge in [0.2, 0.25) is 0 Å². The van der Waals surface area contributed by atoms with Gasteiger partial charge in [0.25, 0.3) is 0 Å². The van der Waals surface area contributed by atoms with E-state index in [1.807, 2.05) is 0 Å². The van der Waals surface area contributed by atoms with Gasteiger partial charge in [-0.05, 0) is 17.2 Å². The van der Waals surface area contributed by atoms with Crippen LogP contribution in [0.25, 0.3) is 43.8 Å². The molecule has 6 aromatic rings. The molecule has 0 saturated heterocycles. The molecule has 0 nitrogen and oxygen atoms in total. The number of fused-ring (bicyclic) bond motifs is 2. The van der Waals surface area contributed by atoms with Gasteiger partial charge in [0, 0.05) is 0 Å². The first-order valence-corrected chi connectivity index (χ1v) is 23.2. The van der Waals surface area contributed by atoms with Crippen LogP contribution >= 0.6 is 58.1 Å². The Bertz CT molecular complexity index is 1540. The Morgan fingerprint density at radius 1 is 0.644 bits per heavy atom. The zero-order valence-electron chi connectivity index (χ0n) is 25.8. The zero-order chi connectivity index (χ0) is 30.5. The molecule has 0 fully saturated rings. The Morgan fingerprint density at radius 3 is 1.33 bits per heavy atom. The summed E-state index contributed by atoms with van der Waals surface area (Å²) in [6.07, 6.45) is 1.80. The van der Waals surface area contributed by atoms with Gasteiger partial charge in [0.1, 0.15) is 0 Å². The van der Waals surface area contributed by atoms with Crippen molar-refractivity contribution in [2.45, 2.75) is 32.7 Å². The molecule has 0 aliphatic heterocycles. The number of unbranched alkanes of at least 4 members (excludes halogenated alkanes) is 1. The molecule has 0 atom stereocenters. The van der Waals surface area contributed by atoms with Gasteiger partial charge in [-0.25, -0.2) is 0 Å². The molecule has 0 aromatic heterocycles. The van der Waals surface area contributed by atoms with Gasteiger partial charge < -0.3 is 14.4 Å². The van der Waals surface area contributed by atoms with Gasteiger partial charge >= 0.3 is 36.2 Å². The van der Waals surface area contributed by atoms with Crippen LogP contribution < -0.4 is 0 Å². The Balaban J connectivity index is 0.000000640. The van der Waals surface area contributed by atoms with Crippen LogP contribution in [0, 0.1) is 28.2 Å². The molecule has 0 bridgehead atoms. The predicted molar refractivity (Wildman–Crippen MR) is 209 cm³/mol. The first-order valence-electron chi connectivity index (χ1n) is 13.8. The van der Waals surface area contributed by atoms with E-state index in [9.17, 15) is 0 Å². The summed E-state index contributed by atoms with van der Waals surface area (Å²) in [5.74, 6) is 0. The molecule has 0 spiro atoms. The van der Waals surface area contributed by atoms with Gasteiger partial charge in [-0.15, -0.1) is 127 Å². The van der Waals surface area contributed by atoms with E-state index in [1.165, 1.54) is 78.3 Å². The van der Waals surface area contributed by atoms with Crippen LogP contribution in [0.3, 0.4) is 0 Å². The van der Waals surface area contributed by atoms with E-state index < -0.39 is 6.00 Å². The van der Waals surface area contributed by atoms with Crippen LogP contribution in [-0.2, 0) is 23.3 Å². The summed E-state index contributed by atoms with van der Waals surface area (Å²) in [7, 11) is 0. The fraction of sp³-hybridized carbons (Fsp3) is 0.135. The molecule has 6 rings (SSSR count). The molecule has 0 N–H and O–H groups in total. The second-order valence-electron chi connectivity index (χ2n) is 9.99. The molecular weight excluding hydrogens is 769 g/mol. The van der Waals surface area contributed by atoms with Gasteiger partial charge in [0.05, 0.1) is 0 Å². The number of hydrogen-bond acceptors (Lipinski definition) is 0. The van der Waals surface area contributed by atoms with E-state index in [1.54, 1.807) is 0 Å². The Labute approximate surface area is 314 Å². The average Bonchev–Trinajstić information content (AvgIpc) is 3.59. The van der Waals surface area contributed by atoms with Crippen LogP contribution in [0.2, 0.25) is 6.04 Å². The summed E-state index contributed by atoms with van der Waals surface area (Å²) in [6.45, 7) is 11.0. The first-order chi connectivity index (χ1) is 20.2. The molecule has 0 aliphatic carbocycles. The Morgan fingerprint density at radius 2 is 1.02 bits per heavy atom. The van der Waals surface area contributed by atoms with Crippen molar-refractivity contribution in [1.29, 1.82) is 0 Å². The minimum atomic E-state index is -2.30. The maximum atomic E-state index is 5.55. The molecule has 2 radical (unpaired) electrons. The fourth-order valence-electron chi connectivity index (χ4n) is 4.83. The third-order valence-corrected chi connectivity index (χ3v) is 9.29. The number of rotatable bonds is 5. The SMILES string of the molecule is Cc1cc2c(-c3ccccc3)cccc2[cH-]1.Cc1cc2c(-c3ccccc3)cccc2[cH-]1.Cl.Cl.[CH2-]CCC[Si](Cl)(Cl)Cl.[CH3-].[Si]=[Zr]. The molecule has 45 heavy (non-hydrogen) atoms. The second-order valence-corrected chi connectivity index (χ2v) is 19.3. The first kappa shape index (κ1) is 43.9. The van der Waals surface area contributed by atoms with Crippen molar-refractivity contribution in [2.75, 3.05) is 0 Å². The number of aryl methyl sites for hydroxylation is 2. The van der Waals surface area contributed by atoms with Crippen molar-refractivity contribution in [3.63, 3.8) is 0 Å². The van der Waals surface area contributed by atoms with E-state index in [0.717, 1.165) is 18.9 Å². The Hall–Kier alpha value is -1.13. The van der Waals surface area contributed by atoms with Gasteiger partial charge in [-0.1, -0.05) is 104 Å². The maximum absolute atomic E-state index is 5.55. The van der Waals surface area contributed by atoms with Gasteiger partial charge in [-0.2, -0.15) is 18.6 Å². The summed E-state index contributed by atoms with van der Waals surface area (Å²) >= 11 is 18.0. The second kappa shape index (κ2) is 22.4. The van der Waals surface area contributed by atoms with Crippen LogP contribution in [-0.4, -0.2) is 12.9 Å². The molecule has 0 heterocycles. The third kappa shape index (κ3) is 13.9. The topological polar surface area (TPSA) is 0 Å². The zero-order valence-corrected chi connectivity index (χ0v) is 34.2. The normalized spacial score (nSPS) is 9.89. The van der Waals surface area contributed by atoms with Crippen LogP contribution in [0.5, 0.6) is 0 Å². The number of halogens is 5. The number of benzene rings is 4. The van der Waals surface area contributed by atoms with Crippen molar-refractivity contribution in [1.82, 2.24) is 0 Å².